The van der Waals surface area contributed by atoms with E-state index >= 15 is 0 Å². The summed E-state index contributed by atoms with van der Waals surface area (Å²) in [5.41, 5.74) is 0. The lowest BCUT2D eigenvalue weighted by Crippen LogP contribution is -2.27. The summed E-state index contributed by atoms with van der Waals surface area (Å²) in [6, 6.07) is 17.3. The zero-order valence-corrected chi connectivity index (χ0v) is 15.9. The summed E-state index contributed by atoms with van der Waals surface area (Å²) in [6.45, 7) is 0.336. The first-order valence-corrected chi connectivity index (χ1v) is 9.84. The molecular formula is C19H13NO3S3. The van der Waals surface area contributed by atoms with E-state index in [1.165, 1.54) is 28.4 Å². The van der Waals surface area contributed by atoms with Gasteiger partial charge in [0.2, 0.25) is 0 Å². The van der Waals surface area contributed by atoms with Crippen LogP contribution in [0.25, 0.3) is 6.08 Å². The largest absolute Gasteiger partial charge is 0.467 e. The molecule has 0 atom stereocenters. The van der Waals surface area contributed by atoms with E-state index in [4.69, 9.17) is 21.1 Å². The van der Waals surface area contributed by atoms with E-state index in [0.29, 0.717) is 27.3 Å². The second kappa shape index (κ2) is 7.57. The normalized spacial score (nSPS) is 16.0. The minimum atomic E-state index is -0.134. The lowest BCUT2D eigenvalue weighted by molar-refractivity contribution is -0.122. The molecule has 0 N–H and O–H groups in total. The number of rotatable bonds is 5. The quantitative estimate of drug-likeness (QED) is 0.421. The van der Waals surface area contributed by atoms with Crippen LogP contribution in [0.3, 0.4) is 0 Å². The van der Waals surface area contributed by atoms with E-state index in [-0.39, 0.29) is 5.91 Å². The van der Waals surface area contributed by atoms with Crippen LogP contribution >= 0.6 is 35.7 Å². The van der Waals surface area contributed by atoms with E-state index in [2.05, 4.69) is 0 Å². The van der Waals surface area contributed by atoms with Crippen LogP contribution in [0.5, 0.6) is 0 Å². The maximum atomic E-state index is 12.6. The number of carbonyl (C=O) groups is 1. The molecule has 1 amide bonds. The van der Waals surface area contributed by atoms with Crippen LogP contribution in [-0.4, -0.2) is 15.1 Å². The minimum absolute atomic E-state index is 0.134. The van der Waals surface area contributed by atoms with E-state index < -0.39 is 0 Å². The summed E-state index contributed by atoms with van der Waals surface area (Å²) in [7, 11) is 0. The third kappa shape index (κ3) is 3.80. The highest BCUT2D eigenvalue weighted by Crippen LogP contribution is 2.35. The first-order valence-electron chi connectivity index (χ1n) is 7.79. The van der Waals surface area contributed by atoms with E-state index in [1.54, 1.807) is 18.4 Å². The van der Waals surface area contributed by atoms with Gasteiger partial charge in [-0.1, -0.05) is 53.9 Å². The second-order valence-electron chi connectivity index (χ2n) is 5.42. The smallest absolute Gasteiger partial charge is 0.266 e. The standard InChI is InChI=1S/C19H13NO3S3/c21-18-16(26-19(24)20(18)12-14-5-4-10-22-14)11-13-8-9-17(23-13)25-15-6-2-1-3-7-15/h1-11H,12H2. The number of thiocarbonyl (C=S) groups is 1. The predicted octanol–water partition coefficient (Wildman–Crippen LogP) is 5.43. The van der Waals surface area contributed by atoms with E-state index in [1.807, 2.05) is 48.5 Å². The van der Waals surface area contributed by atoms with Gasteiger partial charge in [0.05, 0.1) is 17.7 Å². The number of thioether (sulfide) groups is 1. The zero-order chi connectivity index (χ0) is 17.9. The van der Waals surface area contributed by atoms with Crippen LogP contribution in [0.15, 0.2) is 84.6 Å². The SMILES string of the molecule is O=C1C(=Cc2ccc(Sc3ccccc3)o2)SC(=S)N1Cc1ccco1. The molecule has 0 saturated carbocycles. The first kappa shape index (κ1) is 17.2. The van der Waals surface area contributed by atoms with Crippen molar-refractivity contribution in [2.24, 2.45) is 0 Å². The summed E-state index contributed by atoms with van der Waals surface area (Å²) in [4.78, 5) is 15.8. The summed E-state index contributed by atoms with van der Waals surface area (Å²) in [6.07, 6.45) is 3.31. The zero-order valence-electron chi connectivity index (χ0n) is 13.5. The van der Waals surface area contributed by atoms with Gasteiger partial charge in [0.1, 0.15) is 15.8 Å². The van der Waals surface area contributed by atoms with Crippen molar-refractivity contribution in [1.82, 2.24) is 4.90 Å². The Labute approximate surface area is 164 Å². The van der Waals surface area contributed by atoms with Crippen molar-refractivity contribution in [3.63, 3.8) is 0 Å². The molecule has 1 fully saturated rings. The highest BCUT2D eigenvalue weighted by Gasteiger charge is 2.32. The van der Waals surface area contributed by atoms with Gasteiger partial charge in [-0.3, -0.25) is 9.69 Å². The van der Waals surface area contributed by atoms with Gasteiger partial charge in [-0.15, -0.1) is 0 Å². The molecule has 1 saturated heterocycles. The summed E-state index contributed by atoms with van der Waals surface area (Å²) >= 11 is 8.13. The van der Waals surface area contributed by atoms with Crippen molar-refractivity contribution in [3.05, 3.63) is 77.3 Å². The lowest BCUT2D eigenvalue weighted by atomic mass is 10.3. The fraction of sp³-hybridized carbons (Fsp3) is 0.0526. The number of carbonyl (C=O) groups excluding carboxylic acids is 1. The lowest BCUT2D eigenvalue weighted by Gasteiger charge is -2.11. The van der Waals surface area contributed by atoms with Gasteiger partial charge < -0.3 is 8.83 Å². The molecule has 130 valence electrons. The van der Waals surface area contributed by atoms with Crippen LogP contribution in [0.4, 0.5) is 0 Å². The first-order chi connectivity index (χ1) is 12.7. The van der Waals surface area contributed by atoms with Gasteiger partial charge in [0.15, 0.2) is 5.09 Å². The van der Waals surface area contributed by atoms with Gasteiger partial charge in [-0.05, 0) is 36.4 Å². The van der Waals surface area contributed by atoms with Crippen LogP contribution in [0, 0.1) is 0 Å². The number of hydrogen-bond acceptors (Lipinski definition) is 6. The Bertz CT molecular complexity index is 961. The monoisotopic (exact) mass is 399 g/mol. The van der Waals surface area contributed by atoms with Crippen molar-refractivity contribution >= 4 is 52.0 Å². The average Bonchev–Trinajstić information content (AvgIpc) is 3.36. The number of furan rings is 2. The van der Waals surface area contributed by atoms with Crippen LogP contribution < -0.4 is 0 Å². The molecule has 3 aromatic rings. The average molecular weight is 400 g/mol. The highest BCUT2D eigenvalue weighted by molar-refractivity contribution is 8.26. The van der Waals surface area contributed by atoms with Crippen LogP contribution in [0.1, 0.15) is 11.5 Å². The molecule has 0 aliphatic carbocycles. The Morgan fingerprint density at radius 2 is 1.96 bits per heavy atom. The predicted molar refractivity (Wildman–Crippen MR) is 107 cm³/mol. The molecule has 0 unspecified atom stereocenters. The Morgan fingerprint density at radius 1 is 1.12 bits per heavy atom. The molecule has 0 bridgehead atoms. The van der Waals surface area contributed by atoms with E-state index in [9.17, 15) is 4.79 Å². The third-order valence-electron chi connectivity index (χ3n) is 3.60. The third-order valence-corrected chi connectivity index (χ3v) is 5.91. The van der Waals surface area contributed by atoms with Gasteiger partial charge in [0, 0.05) is 11.0 Å². The van der Waals surface area contributed by atoms with Crippen LogP contribution in [0.2, 0.25) is 0 Å². The molecule has 3 heterocycles. The molecule has 0 radical (unpaired) electrons. The molecule has 4 rings (SSSR count). The summed E-state index contributed by atoms with van der Waals surface area (Å²) in [5.74, 6) is 1.19. The number of amides is 1. The van der Waals surface area contributed by atoms with Gasteiger partial charge in [0.25, 0.3) is 5.91 Å². The Balaban J connectivity index is 1.48. The molecule has 0 spiro atoms. The summed E-state index contributed by atoms with van der Waals surface area (Å²) < 4.78 is 11.6. The molecule has 7 heteroatoms. The number of nitrogens with zero attached hydrogens (tertiary/aromatic N) is 1. The highest BCUT2D eigenvalue weighted by atomic mass is 32.2. The molecule has 26 heavy (non-hydrogen) atoms. The van der Waals surface area contributed by atoms with Gasteiger partial charge >= 0.3 is 0 Å². The van der Waals surface area contributed by atoms with Gasteiger partial charge in [-0.2, -0.15) is 0 Å². The van der Waals surface area contributed by atoms with Crippen molar-refractivity contribution in [1.29, 1.82) is 0 Å². The molecule has 4 nitrogen and oxygen atoms in total. The molecule has 1 aliphatic rings. The Kier molecular flexibility index (Phi) is 5.01. The summed E-state index contributed by atoms with van der Waals surface area (Å²) in [5, 5.41) is 0.772. The fourth-order valence-corrected chi connectivity index (χ4v) is 4.43. The van der Waals surface area contributed by atoms with Crippen molar-refractivity contribution in [2.45, 2.75) is 16.5 Å². The molecule has 1 aliphatic heterocycles. The van der Waals surface area contributed by atoms with E-state index in [0.717, 1.165) is 9.99 Å². The van der Waals surface area contributed by atoms with Crippen molar-refractivity contribution in [3.8, 4) is 0 Å². The molecule has 2 aromatic heterocycles. The maximum absolute atomic E-state index is 12.6. The van der Waals surface area contributed by atoms with Crippen molar-refractivity contribution in [2.75, 3.05) is 0 Å². The molecular weight excluding hydrogens is 386 g/mol. The Morgan fingerprint density at radius 3 is 2.73 bits per heavy atom. The molecule has 1 aromatic carbocycles. The second-order valence-corrected chi connectivity index (χ2v) is 8.17. The van der Waals surface area contributed by atoms with Crippen LogP contribution in [-0.2, 0) is 11.3 Å². The number of hydrogen-bond donors (Lipinski definition) is 0. The van der Waals surface area contributed by atoms with Crippen molar-refractivity contribution < 1.29 is 13.6 Å². The Hall–Kier alpha value is -2.22. The topological polar surface area (TPSA) is 46.6 Å². The fourth-order valence-electron chi connectivity index (χ4n) is 2.40. The van der Waals surface area contributed by atoms with Gasteiger partial charge in [-0.25, -0.2) is 0 Å². The minimum Gasteiger partial charge on any atom is -0.467 e. The maximum Gasteiger partial charge on any atom is 0.266 e. The number of benzene rings is 1.